The molecule has 1 amide bonds. The molecule has 0 fully saturated rings. The Labute approximate surface area is 334 Å². The van der Waals surface area contributed by atoms with Crippen molar-refractivity contribution < 1.29 is 37.9 Å². The minimum Gasteiger partial charge on any atom is -0.463 e. The number of esters is 1. The van der Waals surface area contributed by atoms with Gasteiger partial charge in [0.05, 0.1) is 13.2 Å². The summed E-state index contributed by atoms with van der Waals surface area (Å²) in [4.78, 5) is 33.8. The molecule has 0 aliphatic heterocycles. The lowest BCUT2D eigenvalue weighted by molar-refractivity contribution is -0.147. The van der Waals surface area contributed by atoms with Crippen LogP contribution in [0.5, 0.6) is 0 Å². The number of phosphoric acid groups is 1. The number of carbonyl (C=O) groups is 2. The van der Waals surface area contributed by atoms with Crippen molar-refractivity contribution in [2.45, 2.75) is 148 Å². The molecule has 55 heavy (non-hydrogen) atoms. The van der Waals surface area contributed by atoms with Gasteiger partial charge >= 0.3 is 13.8 Å². The van der Waals surface area contributed by atoms with E-state index in [9.17, 15) is 24.2 Å². The average Bonchev–Trinajstić information content (AvgIpc) is 3.17. The zero-order valence-corrected chi connectivity index (χ0v) is 35.0. The molecule has 0 rings (SSSR count). The molecule has 9 nitrogen and oxygen atoms in total. The van der Waals surface area contributed by atoms with Crippen LogP contribution in [0.3, 0.4) is 0 Å². The monoisotopic (exact) mass is 788 g/mol. The van der Waals surface area contributed by atoms with Crippen LogP contribution in [0.4, 0.5) is 0 Å². The average molecular weight is 788 g/mol. The molecule has 312 valence electrons. The summed E-state index contributed by atoms with van der Waals surface area (Å²) in [6.07, 6.45) is 52.0. The summed E-state index contributed by atoms with van der Waals surface area (Å²) in [5.41, 5.74) is 0. The highest BCUT2D eigenvalue weighted by Gasteiger charge is 2.23. The molecular formula is C45H74NO8P. The zero-order valence-electron chi connectivity index (χ0n) is 34.1. The van der Waals surface area contributed by atoms with Crippen LogP contribution in [-0.4, -0.2) is 54.3 Å². The fourth-order valence-electron chi connectivity index (χ4n) is 4.90. The van der Waals surface area contributed by atoms with Crippen molar-refractivity contribution >= 4 is 19.7 Å². The third-order valence-electron chi connectivity index (χ3n) is 8.01. The van der Waals surface area contributed by atoms with Crippen LogP contribution in [0.15, 0.2) is 97.2 Å². The van der Waals surface area contributed by atoms with Gasteiger partial charge in [-0.3, -0.25) is 18.6 Å². The molecule has 0 spiro atoms. The van der Waals surface area contributed by atoms with E-state index in [1.807, 2.05) is 12.2 Å². The van der Waals surface area contributed by atoms with Gasteiger partial charge in [-0.1, -0.05) is 143 Å². The second kappa shape index (κ2) is 40.6. The molecule has 0 aliphatic rings. The van der Waals surface area contributed by atoms with Crippen molar-refractivity contribution in [2.75, 3.05) is 26.4 Å². The summed E-state index contributed by atoms with van der Waals surface area (Å²) >= 11 is 0. The molecule has 0 saturated heterocycles. The Morgan fingerprint density at radius 2 is 1.05 bits per heavy atom. The second-order valence-corrected chi connectivity index (χ2v) is 14.7. The number of phosphoric ester groups is 1. The zero-order chi connectivity index (χ0) is 40.3. The fraction of sp³-hybridized carbons (Fsp3) is 0.600. The molecule has 0 saturated carbocycles. The van der Waals surface area contributed by atoms with Crippen LogP contribution >= 0.6 is 7.82 Å². The number of nitrogens with one attached hydrogen (secondary N) is 1. The highest BCUT2D eigenvalue weighted by Crippen LogP contribution is 2.42. The minimum absolute atomic E-state index is 0.0595. The van der Waals surface area contributed by atoms with Crippen molar-refractivity contribution in [3.8, 4) is 0 Å². The number of allylic oxidation sites excluding steroid dienone is 16. The van der Waals surface area contributed by atoms with Gasteiger partial charge in [-0.25, -0.2) is 4.57 Å². The normalized spacial score (nSPS) is 14.3. The molecule has 0 aromatic carbocycles. The van der Waals surface area contributed by atoms with Crippen molar-refractivity contribution in [1.29, 1.82) is 0 Å². The van der Waals surface area contributed by atoms with Crippen molar-refractivity contribution in [1.82, 2.24) is 5.32 Å². The van der Waals surface area contributed by atoms with E-state index in [1.165, 1.54) is 25.7 Å². The quantitative estimate of drug-likeness (QED) is 0.0245. The maximum Gasteiger partial charge on any atom is 0.472 e. The van der Waals surface area contributed by atoms with E-state index in [4.69, 9.17) is 13.8 Å². The molecule has 0 aromatic heterocycles. The smallest absolute Gasteiger partial charge is 0.463 e. The van der Waals surface area contributed by atoms with Crippen molar-refractivity contribution in [3.63, 3.8) is 0 Å². The third kappa shape index (κ3) is 41.9. The third-order valence-corrected chi connectivity index (χ3v) is 9.00. The number of hydrogen-bond donors (Lipinski definition) is 3. The summed E-state index contributed by atoms with van der Waals surface area (Å²) in [6, 6.07) is 0. The minimum atomic E-state index is -4.44. The second-order valence-electron chi connectivity index (χ2n) is 13.2. The van der Waals surface area contributed by atoms with E-state index in [0.29, 0.717) is 12.8 Å². The highest BCUT2D eigenvalue weighted by molar-refractivity contribution is 7.47. The summed E-state index contributed by atoms with van der Waals surface area (Å²) in [5, 5.41) is 12.7. The predicted molar refractivity (Wildman–Crippen MR) is 229 cm³/mol. The van der Waals surface area contributed by atoms with Gasteiger partial charge in [0.1, 0.15) is 12.7 Å². The van der Waals surface area contributed by atoms with Gasteiger partial charge in [0.2, 0.25) is 5.91 Å². The Bertz CT molecular complexity index is 1220. The predicted octanol–water partition coefficient (Wildman–Crippen LogP) is 11.4. The van der Waals surface area contributed by atoms with E-state index in [1.54, 1.807) is 0 Å². The van der Waals surface area contributed by atoms with E-state index < -0.39 is 26.5 Å². The molecule has 0 radical (unpaired) electrons. The van der Waals surface area contributed by atoms with Crippen LogP contribution in [-0.2, 0) is 27.9 Å². The van der Waals surface area contributed by atoms with E-state index in [2.05, 4.69) is 104 Å². The van der Waals surface area contributed by atoms with E-state index >= 15 is 0 Å². The number of hydrogen-bond acceptors (Lipinski definition) is 7. The SMILES string of the molecule is CC/C=C\C/C=C\C/C=C\C/C=C\C/C=C\C/C=C\CCC(=O)OCC(O)COP(=O)(O)OCCNC(=O)CCCCCCC/C=C\C/C=C\CCCCC. The molecule has 0 heterocycles. The Morgan fingerprint density at radius 1 is 0.582 bits per heavy atom. The number of amides is 1. The van der Waals surface area contributed by atoms with Crippen LogP contribution in [0, 0.1) is 0 Å². The van der Waals surface area contributed by atoms with E-state index in [-0.39, 0.29) is 32.1 Å². The summed E-state index contributed by atoms with van der Waals surface area (Å²) in [7, 11) is -4.44. The van der Waals surface area contributed by atoms with Crippen molar-refractivity contribution in [3.05, 3.63) is 97.2 Å². The van der Waals surface area contributed by atoms with Gasteiger partial charge in [0.25, 0.3) is 0 Å². The molecule has 2 atom stereocenters. The van der Waals surface area contributed by atoms with Crippen molar-refractivity contribution in [2.24, 2.45) is 0 Å². The molecule has 0 aliphatic carbocycles. The van der Waals surface area contributed by atoms with E-state index in [0.717, 1.165) is 83.5 Å². The van der Waals surface area contributed by atoms with Gasteiger partial charge in [-0.15, -0.1) is 0 Å². The van der Waals surface area contributed by atoms with Crippen LogP contribution in [0.25, 0.3) is 0 Å². The van der Waals surface area contributed by atoms with Crippen LogP contribution in [0.2, 0.25) is 0 Å². The number of aliphatic hydroxyl groups is 1. The lowest BCUT2D eigenvalue weighted by atomic mass is 10.1. The van der Waals surface area contributed by atoms with Crippen LogP contribution < -0.4 is 5.32 Å². The first-order chi connectivity index (χ1) is 26.8. The first-order valence-electron chi connectivity index (χ1n) is 20.7. The van der Waals surface area contributed by atoms with Gasteiger partial charge in [-0.2, -0.15) is 0 Å². The number of rotatable bonds is 37. The summed E-state index contributed by atoms with van der Waals surface area (Å²) < 4.78 is 26.8. The first-order valence-corrected chi connectivity index (χ1v) is 22.2. The van der Waals surface area contributed by atoms with Gasteiger partial charge < -0.3 is 20.1 Å². The van der Waals surface area contributed by atoms with Gasteiger partial charge in [0, 0.05) is 19.4 Å². The Morgan fingerprint density at radius 3 is 1.60 bits per heavy atom. The number of carbonyl (C=O) groups excluding carboxylic acids is 2. The Balaban J connectivity index is 3.77. The molecule has 10 heteroatoms. The number of ether oxygens (including phenoxy) is 1. The number of unbranched alkanes of at least 4 members (excludes halogenated alkanes) is 8. The maximum absolute atomic E-state index is 12.1. The Kier molecular flexibility index (Phi) is 38.3. The summed E-state index contributed by atoms with van der Waals surface area (Å²) in [5.74, 6) is -0.626. The number of aliphatic hydroxyl groups excluding tert-OH is 1. The maximum atomic E-state index is 12.1. The molecule has 0 aromatic rings. The summed E-state index contributed by atoms with van der Waals surface area (Å²) in [6.45, 7) is 3.28. The largest absolute Gasteiger partial charge is 0.472 e. The molecular weight excluding hydrogens is 713 g/mol. The van der Waals surface area contributed by atoms with Crippen LogP contribution in [0.1, 0.15) is 142 Å². The first kappa shape index (κ1) is 51.9. The van der Waals surface area contributed by atoms with Gasteiger partial charge in [-0.05, 0) is 83.5 Å². The standard InChI is InChI=1S/C45H74NO8P/c1-3-5-7-9-11-13-15-17-19-20-21-22-24-26-28-30-32-34-36-38-45(49)52-41-43(47)42-54-55(50,51)53-40-39-46-44(48)37-35-33-31-29-27-25-23-18-16-14-12-10-8-6-4-2/h5,7,11-14,17-19,21-23,26,28,32,34,43,47H,3-4,6,8-10,15-16,20,24-25,27,29-31,33,35-42H2,1-2H3,(H,46,48)(H,50,51)/b7-5-,13-11-,14-12-,19-17-,22-21-,23-18-,28-26-,34-32-. The fourth-order valence-corrected chi connectivity index (χ4v) is 5.66. The Hall–Kier alpha value is -3.07. The molecule has 0 bridgehead atoms. The molecule has 3 N–H and O–H groups in total. The lowest BCUT2D eigenvalue weighted by Gasteiger charge is -2.15. The van der Waals surface area contributed by atoms with Gasteiger partial charge in [0.15, 0.2) is 0 Å². The lowest BCUT2D eigenvalue weighted by Crippen LogP contribution is -2.27. The molecule has 2 unspecified atom stereocenters. The topological polar surface area (TPSA) is 131 Å². The highest BCUT2D eigenvalue weighted by atomic mass is 31.2.